The summed E-state index contributed by atoms with van der Waals surface area (Å²) in [6.07, 6.45) is 15.5. The molecule has 324 valence electrons. The van der Waals surface area contributed by atoms with E-state index in [0.717, 1.165) is 61.2 Å². The second kappa shape index (κ2) is 19.5. The number of hydrogen-bond donors (Lipinski definition) is 0. The van der Waals surface area contributed by atoms with Crippen LogP contribution in [0.5, 0.6) is 0 Å². The van der Waals surface area contributed by atoms with Crippen LogP contribution in [0, 0.1) is 5.92 Å². The molecule has 7 aromatic rings. The van der Waals surface area contributed by atoms with Gasteiger partial charge in [-0.1, -0.05) is 214 Å². The molecular formula is C64H58N2. The average Bonchev–Trinajstić information content (AvgIpc) is 3.39. The van der Waals surface area contributed by atoms with Gasteiger partial charge in [-0.2, -0.15) is 0 Å². The van der Waals surface area contributed by atoms with Crippen LogP contribution in [-0.2, 0) is 12.8 Å². The fourth-order valence-corrected chi connectivity index (χ4v) is 10.7. The summed E-state index contributed by atoms with van der Waals surface area (Å²) in [5.41, 5.74) is 21.7. The van der Waals surface area contributed by atoms with Gasteiger partial charge in [0.15, 0.2) is 5.84 Å². The maximum Gasteiger partial charge on any atom is 0.155 e. The molecule has 0 amide bonds. The van der Waals surface area contributed by atoms with E-state index in [1.165, 1.54) is 77.9 Å². The molecule has 0 radical (unpaired) electrons. The summed E-state index contributed by atoms with van der Waals surface area (Å²) in [7, 11) is 0. The molecule has 3 atom stereocenters. The normalized spacial score (nSPS) is 17.7. The van der Waals surface area contributed by atoms with Crippen molar-refractivity contribution in [1.29, 1.82) is 0 Å². The third-order valence-corrected chi connectivity index (χ3v) is 14.1. The highest BCUT2D eigenvalue weighted by molar-refractivity contribution is 6.15. The summed E-state index contributed by atoms with van der Waals surface area (Å²) in [5.74, 6) is 1.19. The predicted octanol–water partition coefficient (Wildman–Crippen LogP) is 16.5. The molecule has 0 spiro atoms. The van der Waals surface area contributed by atoms with Crippen LogP contribution in [-0.4, -0.2) is 11.5 Å². The minimum absolute atomic E-state index is 0.0455. The van der Waals surface area contributed by atoms with Gasteiger partial charge in [0.05, 0.1) is 11.8 Å². The van der Waals surface area contributed by atoms with E-state index in [9.17, 15) is 0 Å². The summed E-state index contributed by atoms with van der Waals surface area (Å²) in [5, 5.41) is 0. The van der Waals surface area contributed by atoms with Gasteiger partial charge in [0.2, 0.25) is 0 Å². The predicted molar refractivity (Wildman–Crippen MR) is 279 cm³/mol. The average molecular weight is 855 g/mol. The Morgan fingerprint density at radius 1 is 0.561 bits per heavy atom. The van der Waals surface area contributed by atoms with E-state index in [1.54, 1.807) is 0 Å². The van der Waals surface area contributed by atoms with Crippen molar-refractivity contribution < 1.29 is 0 Å². The van der Waals surface area contributed by atoms with Crippen molar-refractivity contribution in [1.82, 2.24) is 0 Å². The molecular weight excluding hydrogens is 797 g/mol. The Morgan fingerprint density at radius 3 is 1.85 bits per heavy atom. The van der Waals surface area contributed by atoms with Gasteiger partial charge in [-0.3, -0.25) is 4.99 Å². The molecule has 66 heavy (non-hydrogen) atoms. The molecule has 2 aliphatic carbocycles. The Labute approximate surface area is 392 Å². The number of amidine groups is 1. The van der Waals surface area contributed by atoms with Gasteiger partial charge in [0, 0.05) is 17.4 Å². The summed E-state index contributed by atoms with van der Waals surface area (Å²) in [6.45, 7) is 6.96. The Hall–Kier alpha value is -7.16. The fourth-order valence-electron chi connectivity index (χ4n) is 10.7. The molecule has 0 saturated heterocycles. The lowest BCUT2D eigenvalue weighted by molar-refractivity contribution is 0.532. The first kappa shape index (κ1) is 42.8. The zero-order valence-corrected chi connectivity index (χ0v) is 38.5. The minimum Gasteiger partial charge on any atom is -0.257 e. The highest BCUT2D eigenvalue weighted by Gasteiger charge is 2.32. The number of rotatable bonds is 9. The quantitative estimate of drug-likeness (QED) is 0.138. The summed E-state index contributed by atoms with van der Waals surface area (Å²) >= 11 is 0. The van der Waals surface area contributed by atoms with Crippen molar-refractivity contribution in [2.45, 2.75) is 71.3 Å². The standard InChI is InChI=1S/C64H58N2/c1-4-53(58-34-16-17-35-59(58)55-41-40-47-25-13-15-33-57(47)61-37-19-18-36-60(61)56-32-14-12-24-46(56)39-38-44(55)3)50-29-21-31-52(43-50)64-65-62(48-26-10-7-11-27-48)54(5-2)63(66-64)51-30-20-28-49(42-51)45-22-8-6-9-23-45/h6-15,17-33,35-38,41-43,53-54,62H,4-5,16,34,39-40H2,1-3H3/t53?,54?,62-/m1/s1. The Bertz CT molecular complexity index is 3070. The topological polar surface area (TPSA) is 24.7 Å². The number of allylic oxidation sites excluding steroid dienone is 8. The third kappa shape index (κ3) is 8.69. The van der Waals surface area contributed by atoms with Gasteiger partial charge in [0.1, 0.15) is 0 Å². The van der Waals surface area contributed by atoms with E-state index in [-0.39, 0.29) is 17.9 Å². The van der Waals surface area contributed by atoms with Gasteiger partial charge < -0.3 is 0 Å². The largest absolute Gasteiger partial charge is 0.257 e. The second-order valence-corrected chi connectivity index (χ2v) is 18.0. The Morgan fingerprint density at radius 2 is 1.15 bits per heavy atom. The van der Waals surface area contributed by atoms with Crippen molar-refractivity contribution in [2.75, 3.05) is 0 Å². The monoisotopic (exact) mass is 854 g/mol. The third-order valence-electron chi connectivity index (χ3n) is 14.1. The zero-order valence-electron chi connectivity index (χ0n) is 38.5. The second-order valence-electron chi connectivity index (χ2n) is 18.0. The van der Waals surface area contributed by atoms with Crippen LogP contribution in [0.3, 0.4) is 0 Å². The van der Waals surface area contributed by atoms with Crippen molar-refractivity contribution in [3.8, 4) is 33.4 Å². The van der Waals surface area contributed by atoms with Crippen molar-refractivity contribution in [3.63, 3.8) is 0 Å². The molecule has 0 bridgehead atoms. The first-order valence-electron chi connectivity index (χ1n) is 24.1. The summed E-state index contributed by atoms with van der Waals surface area (Å²) in [6, 6.07) is 66.5. The number of aliphatic imine (C=N–C) groups is 2. The lowest BCUT2D eigenvalue weighted by Crippen LogP contribution is -2.28. The van der Waals surface area contributed by atoms with Crippen LogP contribution in [0.25, 0.3) is 33.4 Å². The number of fused-ring (bicyclic) bond motifs is 5. The van der Waals surface area contributed by atoms with Crippen LogP contribution in [0.2, 0.25) is 0 Å². The van der Waals surface area contributed by atoms with Gasteiger partial charge >= 0.3 is 0 Å². The van der Waals surface area contributed by atoms with Gasteiger partial charge in [-0.05, 0) is 135 Å². The molecule has 1 heterocycles. The van der Waals surface area contributed by atoms with Crippen molar-refractivity contribution in [3.05, 3.63) is 262 Å². The van der Waals surface area contributed by atoms with Crippen LogP contribution >= 0.6 is 0 Å². The van der Waals surface area contributed by atoms with E-state index >= 15 is 0 Å². The van der Waals surface area contributed by atoms with Crippen LogP contribution < -0.4 is 0 Å². The zero-order chi connectivity index (χ0) is 44.8. The summed E-state index contributed by atoms with van der Waals surface area (Å²) in [4.78, 5) is 11.1. The van der Waals surface area contributed by atoms with Gasteiger partial charge in [-0.25, -0.2) is 4.99 Å². The molecule has 0 saturated carbocycles. The lowest BCUT2D eigenvalue weighted by atomic mass is 9.77. The Balaban J connectivity index is 1.07. The molecule has 10 rings (SSSR count). The Kier molecular flexibility index (Phi) is 12.7. The van der Waals surface area contributed by atoms with Crippen molar-refractivity contribution in [2.24, 2.45) is 15.9 Å². The van der Waals surface area contributed by atoms with Crippen LogP contribution in [0.1, 0.15) is 91.8 Å². The van der Waals surface area contributed by atoms with Crippen LogP contribution in [0.15, 0.2) is 239 Å². The van der Waals surface area contributed by atoms with E-state index in [1.807, 2.05) is 0 Å². The maximum atomic E-state index is 5.56. The lowest BCUT2D eigenvalue weighted by Gasteiger charge is -2.30. The van der Waals surface area contributed by atoms with E-state index in [4.69, 9.17) is 9.98 Å². The minimum atomic E-state index is -0.0455. The number of nitrogens with zero attached hydrogens (tertiary/aromatic N) is 2. The van der Waals surface area contributed by atoms with Crippen molar-refractivity contribution >= 4 is 11.5 Å². The molecule has 3 aliphatic rings. The highest BCUT2D eigenvalue weighted by Crippen LogP contribution is 2.43. The smallest absolute Gasteiger partial charge is 0.155 e. The summed E-state index contributed by atoms with van der Waals surface area (Å²) < 4.78 is 0. The highest BCUT2D eigenvalue weighted by atomic mass is 15.0. The van der Waals surface area contributed by atoms with E-state index in [2.05, 4.69) is 227 Å². The molecule has 1 aliphatic heterocycles. The SMILES string of the molecule is CCC(C1=C(C2=CCc3ccccc3-c3ccccc3-c3ccccc3CC=C2C)C=CCC1)c1cccc(C2=N[C@H](c3ccccc3)C(CC)C(c3cccc(-c4ccccc4)c3)=N2)c1. The first-order valence-corrected chi connectivity index (χ1v) is 24.1. The molecule has 7 aromatic carbocycles. The van der Waals surface area contributed by atoms with E-state index < -0.39 is 0 Å². The molecule has 0 fully saturated rings. The molecule has 2 unspecified atom stereocenters. The van der Waals surface area contributed by atoms with Gasteiger partial charge in [0.25, 0.3) is 0 Å². The van der Waals surface area contributed by atoms with Crippen LogP contribution in [0.4, 0.5) is 0 Å². The first-order chi connectivity index (χ1) is 32.6. The molecule has 0 N–H and O–H groups in total. The molecule has 0 aromatic heterocycles. The van der Waals surface area contributed by atoms with Gasteiger partial charge in [-0.15, -0.1) is 0 Å². The van der Waals surface area contributed by atoms with E-state index in [0.29, 0.717) is 0 Å². The fraction of sp³-hybridized carbons (Fsp3) is 0.188. The maximum absolute atomic E-state index is 5.56. The molecule has 2 heteroatoms. The number of benzene rings is 7. The molecule has 2 nitrogen and oxygen atoms in total. The number of hydrogen-bond acceptors (Lipinski definition) is 2.